The van der Waals surface area contributed by atoms with Crippen LogP contribution in [0.3, 0.4) is 0 Å². The van der Waals surface area contributed by atoms with E-state index in [2.05, 4.69) is 16.0 Å². The maximum absolute atomic E-state index is 13.8. The summed E-state index contributed by atoms with van der Waals surface area (Å²) < 4.78 is 27.1. The Bertz CT molecular complexity index is 881. The molecule has 0 saturated carbocycles. The predicted molar refractivity (Wildman–Crippen MR) is 139 cm³/mol. The fraction of sp³-hybridized carbons (Fsp3) is 0.679. The molecule has 1 aliphatic rings. The lowest BCUT2D eigenvalue weighted by Crippen LogP contribution is -2.52. The monoisotopic (exact) mass is 523 g/mol. The lowest BCUT2D eigenvalue weighted by Gasteiger charge is -2.26. The summed E-state index contributed by atoms with van der Waals surface area (Å²) in [7, 11) is 0. The number of rotatable bonds is 3. The molecule has 0 bridgehead atoms. The van der Waals surface area contributed by atoms with E-state index in [1.165, 1.54) is 6.07 Å². The summed E-state index contributed by atoms with van der Waals surface area (Å²) in [5, 5.41) is 19.3. The van der Waals surface area contributed by atoms with Gasteiger partial charge in [0.2, 0.25) is 17.7 Å². The van der Waals surface area contributed by atoms with E-state index >= 15 is 0 Å². The van der Waals surface area contributed by atoms with E-state index in [4.69, 9.17) is 0 Å². The minimum atomic E-state index is -1.29. The van der Waals surface area contributed by atoms with Gasteiger partial charge in [0.1, 0.15) is 6.04 Å². The largest absolute Gasteiger partial charge is 0.390 e. The Morgan fingerprint density at radius 3 is 2.11 bits per heavy atom. The van der Waals surface area contributed by atoms with Gasteiger partial charge in [-0.05, 0) is 42.9 Å². The fourth-order valence-corrected chi connectivity index (χ4v) is 4.55. The number of hydrogen-bond acceptors (Lipinski definition) is 4. The maximum Gasteiger partial charge on any atom is 0.242 e. The standard InChI is InChI=1S/C28H43F2N3O4/c1-19(2)27-28(37)31-15-11-9-7-5-3-4-6-8-10-12-25(35)32-23(24(34)18-26(36)33-27)17-20-13-14-21(29)22(30)16-20/h13-14,16,19,23-24,27,34H,3-12,15,17-18H2,1-2H3,(H,31,37)(H,32,35)(H,33,36)/t23-,24-,27-/m0/s1. The summed E-state index contributed by atoms with van der Waals surface area (Å²) in [5.74, 6) is -3.24. The van der Waals surface area contributed by atoms with E-state index in [0.717, 1.165) is 63.5 Å². The first-order valence-corrected chi connectivity index (χ1v) is 13.7. The van der Waals surface area contributed by atoms with Crippen LogP contribution in [0.4, 0.5) is 8.78 Å². The van der Waals surface area contributed by atoms with Crippen LogP contribution in [-0.4, -0.2) is 47.6 Å². The van der Waals surface area contributed by atoms with E-state index in [0.29, 0.717) is 18.5 Å². The highest BCUT2D eigenvalue weighted by Crippen LogP contribution is 2.15. The SMILES string of the molecule is CC(C)[C@@H]1NC(=O)C[C@H](O)[C@H](Cc2ccc(F)c(F)c2)NC(=O)CCCCCCCCCCCNC1=O. The van der Waals surface area contributed by atoms with Crippen LogP contribution < -0.4 is 16.0 Å². The van der Waals surface area contributed by atoms with Gasteiger partial charge < -0.3 is 21.1 Å². The Kier molecular flexibility index (Phi) is 13.5. The van der Waals surface area contributed by atoms with Crippen LogP contribution in [0.5, 0.6) is 0 Å². The molecule has 0 unspecified atom stereocenters. The van der Waals surface area contributed by atoms with Crippen molar-refractivity contribution in [1.82, 2.24) is 16.0 Å². The number of aliphatic hydroxyl groups excluding tert-OH is 1. The average Bonchev–Trinajstić information content (AvgIpc) is 2.84. The van der Waals surface area contributed by atoms with Crippen molar-refractivity contribution in [3.8, 4) is 0 Å². The van der Waals surface area contributed by atoms with Gasteiger partial charge in [-0.15, -0.1) is 0 Å². The van der Waals surface area contributed by atoms with Gasteiger partial charge in [0, 0.05) is 13.0 Å². The number of nitrogens with one attached hydrogen (secondary N) is 3. The highest BCUT2D eigenvalue weighted by Gasteiger charge is 2.28. The molecule has 208 valence electrons. The lowest BCUT2D eigenvalue weighted by atomic mass is 9.97. The van der Waals surface area contributed by atoms with Crippen molar-refractivity contribution in [3.63, 3.8) is 0 Å². The van der Waals surface area contributed by atoms with E-state index in [1.54, 1.807) is 0 Å². The normalized spacial score (nSPS) is 24.5. The van der Waals surface area contributed by atoms with Gasteiger partial charge in [0.15, 0.2) is 11.6 Å². The van der Waals surface area contributed by atoms with Crippen LogP contribution in [0.2, 0.25) is 0 Å². The molecule has 1 saturated heterocycles. The molecule has 1 aromatic carbocycles. The maximum atomic E-state index is 13.8. The van der Waals surface area contributed by atoms with Crippen LogP contribution in [0, 0.1) is 17.6 Å². The second-order valence-electron chi connectivity index (χ2n) is 10.4. The summed E-state index contributed by atoms with van der Waals surface area (Å²) in [6.07, 6.45) is 7.75. The zero-order valence-corrected chi connectivity index (χ0v) is 22.2. The fourth-order valence-electron chi connectivity index (χ4n) is 4.55. The molecule has 9 heteroatoms. The smallest absolute Gasteiger partial charge is 0.242 e. The third-order valence-electron chi connectivity index (χ3n) is 6.79. The van der Waals surface area contributed by atoms with Gasteiger partial charge >= 0.3 is 0 Å². The quantitative estimate of drug-likeness (QED) is 0.482. The molecular formula is C28H43F2N3O4. The van der Waals surface area contributed by atoms with Gasteiger partial charge in [0.25, 0.3) is 0 Å². The summed E-state index contributed by atoms with van der Waals surface area (Å²) in [6.45, 7) is 4.20. The Balaban J connectivity index is 2.13. The molecule has 1 aromatic rings. The molecule has 3 atom stereocenters. The van der Waals surface area contributed by atoms with Crippen molar-refractivity contribution in [1.29, 1.82) is 0 Å². The summed E-state index contributed by atoms with van der Waals surface area (Å²) in [5.41, 5.74) is 0.383. The second kappa shape index (κ2) is 16.3. The van der Waals surface area contributed by atoms with E-state index in [9.17, 15) is 28.3 Å². The second-order valence-corrected chi connectivity index (χ2v) is 10.4. The molecule has 0 aromatic heterocycles. The highest BCUT2D eigenvalue weighted by molar-refractivity contribution is 5.88. The Labute approximate surface area is 219 Å². The zero-order chi connectivity index (χ0) is 27.2. The van der Waals surface area contributed by atoms with E-state index in [-0.39, 0.29) is 37.0 Å². The van der Waals surface area contributed by atoms with Crippen LogP contribution in [-0.2, 0) is 20.8 Å². The highest BCUT2D eigenvalue weighted by atomic mass is 19.2. The van der Waals surface area contributed by atoms with Gasteiger partial charge in [-0.1, -0.05) is 64.9 Å². The molecule has 37 heavy (non-hydrogen) atoms. The van der Waals surface area contributed by atoms with Crippen LogP contribution in [0.1, 0.15) is 90.0 Å². The lowest BCUT2D eigenvalue weighted by molar-refractivity contribution is -0.131. The van der Waals surface area contributed by atoms with Crippen molar-refractivity contribution < 1.29 is 28.3 Å². The van der Waals surface area contributed by atoms with Crippen LogP contribution in [0.15, 0.2) is 18.2 Å². The van der Waals surface area contributed by atoms with E-state index in [1.807, 2.05) is 13.8 Å². The van der Waals surface area contributed by atoms with Crippen molar-refractivity contribution >= 4 is 17.7 Å². The van der Waals surface area contributed by atoms with Gasteiger partial charge in [0.05, 0.1) is 18.6 Å². The van der Waals surface area contributed by atoms with Crippen molar-refractivity contribution in [3.05, 3.63) is 35.4 Å². The minimum absolute atomic E-state index is 0.0193. The molecule has 4 N–H and O–H groups in total. The van der Waals surface area contributed by atoms with Gasteiger partial charge in [-0.3, -0.25) is 14.4 Å². The van der Waals surface area contributed by atoms with Crippen LogP contribution in [0.25, 0.3) is 0 Å². The molecule has 7 nitrogen and oxygen atoms in total. The first-order valence-electron chi connectivity index (χ1n) is 13.7. The number of carbonyl (C=O) groups is 3. The third kappa shape index (κ3) is 11.6. The molecule has 1 heterocycles. The molecule has 0 spiro atoms. The molecule has 2 rings (SSSR count). The Hall–Kier alpha value is -2.55. The molecule has 0 radical (unpaired) electrons. The minimum Gasteiger partial charge on any atom is -0.390 e. The first kappa shape index (κ1) is 30.7. The Morgan fingerprint density at radius 1 is 0.865 bits per heavy atom. The number of amides is 3. The number of benzene rings is 1. The predicted octanol–water partition coefficient (Wildman–Crippen LogP) is 3.91. The molecule has 1 aliphatic heterocycles. The summed E-state index contributed by atoms with van der Waals surface area (Å²) >= 11 is 0. The number of halogens is 2. The average molecular weight is 524 g/mol. The van der Waals surface area contributed by atoms with Crippen molar-refractivity contribution in [2.75, 3.05) is 6.54 Å². The number of aliphatic hydroxyl groups is 1. The number of hydrogen-bond donors (Lipinski definition) is 4. The summed E-state index contributed by atoms with van der Waals surface area (Å²) in [6, 6.07) is 1.76. The van der Waals surface area contributed by atoms with Crippen molar-refractivity contribution in [2.24, 2.45) is 5.92 Å². The van der Waals surface area contributed by atoms with E-state index < -0.39 is 35.7 Å². The first-order chi connectivity index (χ1) is 17.7. The van der Waals surface area contributed by atoms with Gasteiger partial charge in [-0.25, -0.2) is 8.78 Å². The molecule has 1 fully saturated rings. The topological polar surface area (TPSA) is 108 Å². The third-order valence-corrected chi connectivity index (χ3v) is 6.79. The summed E-state index contributed by atoms with van der Waals surface area (Å²) in [4.78, 5) is 38.1. The molecule has 3 amide bonds. The Morgan fingerprint density at radius 2 is 1.49 bits per heavy atom. The zero-order valence-electron chi connectivity index (χ0n) is 22.2. The van der Waals surface area contributed by atoms with Crippen molar-refractivity contribution in [2.45, 2.75) is 109 Å². The van der Waals surface area contributed by atoms with Gasteiger partial charge in [-0.2, -0.15) is 0 Å². The molecular weight excluding hydrogens is 480 g/mol. The number of carbonyl (C=O) groups excluding carboxylic acids is 3. The van der Waals surface area contributed by atoms with Crippen LogP contribution >= 0.6 is 0 Å². The molecule has 0 aliphatic carbocycles.